The van der Waals surface area contributed by atoms with Gasteiger partial charge in [-0.1, -0.05) is 61.0 Å². The Balaban J connectivity index is 1.33. The third-order valence-corrected chi connectivity index (χ3v) is 8.24. The molecule has 4 aromatic rings. The van der Waals surface area contributed by atoms with Crippen molar-refractivity contribution in [1.82, 2.24) is 20.1 Å². The van der Waals surface area contributed by atoms with Crippen LogP contribution in [0.1, 0.15) is 48.3 Å². The van der Waals surface area contributed by atoms with Crippen molar-refractivity contribution in [2.75, 3.05) is 32.5 Å². The molecule has 3 aromatic carbocycles. The molecule has 2 heterocycles. The number of H-pyrrole nitrogens is 1. The first-order valence-electron chi connectivity index (χ1n) is 14.2. The van der Waals surface area contributed by atoms with E-state index in [1.807, 2.05) is 92.8 Å². The number of benzene rings is 3. The van der Waals surface area contributed by atoms with E-state index in [1.165, 1.54) is 5.56 Å². The standard InChI is InChI=1S/C33H38ClN5O2/c1-22(29-20-35-30-10-5-4-9-28(29)30)31(32(40)36-27-8-6-7-23(19-27)21-38(2)3)37-33(41)39-17-15-25(16-18-39)24-11-13-26(34)14-12-24/h4-14,19-20,22,25,31,35H,15-18,21H2,1-3H3,(H,36,40)(H,37,41). The molecule has 0 saturated carbocycles. The zero-order valence-electron chi connectivity index (χ0n) is 23.9. The Hall–Kier alpha value is -3.81. The summed E-state index contributed by atoms with van der Waals surface area (Å²) in [6.07, 6.45) is 3.67. The van der Waals surface area contributed by atoms with Gasteiger partial charge in [0.2, 0.25) is 5.91 Å². The van der Waals surface area contributed by atoms with Gasteiger partial charge in [-0.05, 0) is 79.9 Å². The summed E-state index contributed by atoms with van der Waals surface area (Å²) in [5.41, 5.74) is 5.05. The first-order chi connectivity index (χ1) is 19.8. The number of hydrogen-bond acceptors (Lipinski definition) is 3. The molecular weight excluding hydrogens is 534 g/mol. The fourth-order valence-corrected chi connectivity index (χ4v) is 5.90. The molecule has 0 bridgehead atoms. The molecule has 1 fully saturated rings. The van der Waals surface area contributed by atoms with Gasteiger partial charge < -0.3 is 25.4 Å². The maximum Gasteiger partial charge on any atom is 0.318 e. The van der Waals surface area contributed by atoms with Crippen LogP contribution in [0, 0.1) is 0 Å². The number of likely N-dealkylation sites (tertiary alicyclic amines) is 1. The van der Waals surface area contributed by atoms with Gasteiger partial charge in [0.1, 0.15) is 6.04 Å². The summed E-state index contributed by atoms with van der Waals surface area (Å²) < 4.78 is 0. The van der Waals surface area contributed by atoms with E-state index in [-0.39, 0.29) is 17.9 Å². The molecule has 0 spiro atoms. The second-order valence-electron chi connectivity index (χ2n) is 11.2. The van der Waals surface area contributed by atoms with Crippen LogP contribution in [0.5, 0.6) is 0 Å². The van der Waals surface area contributed by atoms with Gasteiger partial charge in [0, 0.05) is 53.4 Å². The zero-order chi connectivity index (χ0) is 28.9. The van der Waals surface area contributed by atoms with Crippen LogP contribution >= 0.6 is 11.6 Å². The highest BCUT2D eigenvalue weighted by Gasteiger charge is 2.32. The molecule has 41 heavy (non-hydrogen) atoms. The number of aromatic nitrogens is 1. The van der Waals surface area contributed by atoms with E-state index in [9.17, 15) is 9.59 Å². The topological polar surface area (TPSA) is 80.5 Å². The van der Waals surface area contributed by atoms with E-state index in [4.69, 9.17) is 11.6 Å². The van der Waals surface area contributed by atoms with E-state index in [2.05, 4.69) is 32.7 Å². The van der Waals surface area contributed by atoms with E-state index >= 15 is 0 Å². The molecule has 1 aliphatic rings. The molecule has 7 nitrogen and oxygen atoms in total. The Morgan fingerprint density at radius 3 is 2.49 bits per heavy atom. The van der Waals surface area contributed by atoms with Crippen molar-refractivity contribution in [3.8, 4) is 0 Å². The highest BCUT2D eigenvalue weighted by Crippen LogP contribution is 2.31. The minimum absolute atomic E-state index is 0.215. The number of nitrogens with one attached hydrogen (secondary N) is 3. The number of anilines is 1. The van der Waals surface area contributed by atoms with Gasteiger partial charge in [0.15, 0.2) is 0 Å². The number of aromatic amines is 1. The van der Waals surface area contributed by atoms with E-state index in [0.29, 0.717) is 24.7 Å². The second-order valence-corrected chi connectivity index (χ2v) is 11.7. The fourth-order valence-electron chi connectivity index (χ4n) is 5.78. The predicted molar refractivity (Wildman–Crippen MR) is 166 cm³/mol. The quantitative estimate of drug-likeness (QED) is 0.223. The average Bonchev–Trinajstić information content (AvgIpc) is 3.40. The van der Waals surface area contributed by atoms with Crippen LogP contribution in [0.3, 0.4) is 0 Å². The summed E-state index contributed by atoms with van der Waals surface area (Å²) in [6.45, 7) is 4.01. The van der Waals surface area contributed by atoms with Crippen molar-refractivity contribution >= 4 is 40.1 Å². The summed E-state index contributed by atoms with van der Waals surface area (Å²) in [4.78, 5) is 34.6. The lowest BCUT2D eigenvalue weighted by molar-refractivity contribution is -0.118. The Kier molecular flexibility index (Phi) is 8.96. The number of rotatable bonds is 8. The molecule has 8 heteroatoms. The van der Waals surface area contributed by atoms with Gasteiger partial charge >= 0.3 is 6.03 Å². The van der Waals surface area contributed by atoms with Crippen LogP contribution in [-0.2, 0) is 11.3 Å². The molecule has 5 rings (SSSR count). The van der Waals surface area contributed by atoms with Crippen molar-refractivity contribution in [3.63, 3.8) is 0 Å². The van der Waals surface area contributed by atoms with Crippen LogP contribution in [0.25, 0.3) is 10.9 Å². The normalized spacial score (nSPS) is 15.6. The van der Waals surface area contributed by atoms with E-state index < -0.39 is 6.04 Å². The van der Waals surface area contributed by atoms with Gasteiger partial charge in [0.25, 0.3) is 0 Å². The molecule has 0 radical (unpaired) electrons. The maximum absolute atomic E-state index is 13.8. The fraction of sp³-hybridized carbons (Fsp3) is 0.333. The number of carbonyl (C=O) groups is 2. The Labute approximate surface area is 246 Å². The molecule has 1 aromatic heterocycles. The number of piperidine rings is 1. The molecule has 0 aliphatic carbocycles. The minimum Gasteiger partial charge on any atom is -0.361 e. The average molecular weight is 572 g/mol. The number of carbonyl (C=O) groups excluding carboxylic acids is 2. The van der Waals surface area contributed by atoms with Gasteiger partial charge in [-0.2, -0.15) is 0 Å². The van der Waals surface area contributed by atoms with Crippen molar-refractivity contribution in [2.24, 2.45) is 0 Å². The maximum atomic E-state index is 13.8. The molecule has 3 N–H and O–H groups in total. The van der Waals surface area contributed by atoms with Crippen molar-refractivity contribution in [3.05, 3.63) is 101 Å². The summed E-state index contributed by atoms with van der Waals surface area (Å²) >= 11 is 6.06. The first kappa shape index (κ1) is 28.7. The monoisotopic (exact) mass is 571 g/mol. The highest BCUT2D eigenvalue weighted by atomic mass is 35.5. The largest absolute Gasteiger partial charge is 0.361 e. The van der Waals surface area contributed by atoms with Gasteiger partial charge in [-0.25, -0.2) is 4.79 Å². The molecule has 1 saturated heterocycles. The molecule has 2 atom stereocenters. The number of urea groups is 1. The number of nitrogens with zero attached hydrogens (tertiary/aromatic N) is 2. The third kappa shape index (κ3) is 6.92. The molecular formula is C33H38ClN5O2. The van der Waals surface area contributed by atoms with Crippen LogP contribution in [0.15, 0.2) is 79.0 Å². The van der Waals surface area contributed by atoms with Gasteiger partial charge in [-0.15, -0.1) is 0 Å². The first-order valence-corrected chi connectivity index (χ1v) is 14.6. The number of hydrogen-bond donors (Lipinski definition) is 3. The molecule has 3 amide bonds. The van der Waals surface area contributed by atoms with Crippen LogP contribution in [0.2, 0.25) is 5.02 Å². The Morgan fingerprint density at radius 1 is 1.02 bits per heavy atom. The van der Waals surface area contributed by atoms with E-state index in [1.54, 1.807) is 0 Å². The van der Waals surface area contributed by atoms with Gasteiger partial charge in [-0.3, -0.25) is 4.79 Å². The van der Waals surface area contributed by atoms with Crippen molar-refractivity contribution < 1.29 is 9.59 Å². The number of fused-ring (bicyclic) bond motifs is 1. The van der Waals surface area contributed by atoms with Crippen LogP contribution in [-0.4, -0.2) is 59.9 Å². The minimum atomic E-state index is -0.770. The lowest BCUT2D eigenvalue weighted by Crippen LogP contribution is -2.53. The third-order valence-electron chi connectivity index (χ3n) is 7.99. The highest BCUT2D eigenvalue weighted by molar-refractivity contribution is 6.30. The Bertz CT molecular complexity index is 1490. The lowest BCUT2D eigenvalue weighted by Gasteiger charge is -2.34. The smallest absolute Gasteiger partial charge is 0.318 e. The van der Waals surface area contributed by atoms with E-state index in [0.717, 1.165) is 46.4 Å². The molecule has 1 aliphatic heterocycles. The number of para-hydroxylation sites is 1. The summed E-state index contributed by atoms with van der Waals surface area (Å²) in [5.74, 6) is -0.129. The predicted octanol–water partition coefficient (Wildman–Crippen LogP) is 6.58. The number of amides is 3. The Morgan fingerprint density at radius 2 is 1.76 bits per heavy atom. The SMILES string of the molecule is CC(c1c[nH]c2ccccc12)C(NC(=O)N1CCC(c2ccc(Cl)cc2)CC1)C(=O)Nc1cccc(CN(C)C)c1. The van der Waals surface area contributed by atoms with Crippen molar-refractivity contribution in [2.45, 2.75) is 44.2 Å². The van der Waals surface area contributed by atoms with Gasteiger partial charge in [0.05, 0.1) is 0 Å². The summed E-state index contributed by atoms with van der Waals surface area (Å²) in [6, 6.07) is 22.9. The summed E-state index contributed by atoms with van der Waals surface area (Å²) in [7, 11) is 4.02. The lowest BCUT2D eigenvalue weighted by atomic mass is 9.89. The van der Waals surface area contributed by atoms with Crippen LogP contribution < -0.4 is 10.6 Å². The molecule has 214 valence electrons. The zero-order valence-corrected chi connectivity index (χ0v) is 24.6. The van der Waals surface area contributed by atoms with Crippen LogP contribution in [0.4, 0.5) is 10.5 Å². The molecule has 2 unspecified atom stereocenters. The summed E-state index contributed by atoms with van der Waals surface area (Å²) in [5, 5.41) is 7.95. The second kappa shape index (κ2) is 12.8. The van der Waals surface area contributed by atoms with Crippen molar-refractivity contribution in [1.29, 1.82) is 0 Å². The number of halogens is 1.